The molecule has 8 rings (SSSR count). The second-order valence-electron chi connectivity index (χ2n) is 17.1. The summed E-state index contributed by atoms with van der Waals surface area (Å²) in [6, 6.07) is 19.2. The monoisotopic (exact) mass is 927 g/mol. The molecule has 15 nitrogen and oxygen atoms in total. The van der Waals surface area contributed by atoms with Gasteiger partial charge in [0.25, 0.3) is 5.91 Å². The van der Waals surface area contributed by atoms with Gasteiger partial charge in [0.15, 0.2) is 5.82 Å². The lowest BCUT2D eigenvalue weighted by molar-refractivity contribution is -0.137. The first-order chi connectivity index (χ1) is 30.8. The van der Waals surface area contributed by atoms with Gasteiger partial charge < -0.3 is 34.6 Å². The van der Waals surface area contributed by atoms with Gasteiger partial charge in [-0.25, -0.2) is 4.98 Å². The summed E-state index contributed by atoms with van der Waals surface area (Å²) in [6.45, 7) is 8.94. The SMILES string of the molecule is COc1cc(N2CCC(N3CCN(C(=O)CCCCSc4ccc5c(c4)CN(C4CCC(=O)NC4=O)C5=O)CC3)CC2)ccc1Nc1ncc(Cl)c(Nc2ccccc2P(C)(C)=O)n1. The zero-order valence-electron chi connectivity index (χ0n) is 36.5. The number of aromatic nitrogens is 2. The molecule has 4 amide bonds. The number of carbonyl (C=O) groups is 4. The van der Waals surface area contributed by atoms with Crippen LogP contribution in [0.1, 0.15) is 60.9 Å². The Kier molecular flexibility index (Phi) is 14.1. The van der Waals surface area contributed by atoms with Gasteiger partial charge in [-0.2, -0.15) is 4.98 Å². The van der Waals surface area contributed by atoms with Crippen LogP contribution in [0.5, 0.6) is 5.75 Å². The number of ether oxygens (including phenoxy) is 1. The lowest BCUT2D eigenvalue weighted by Crippen LogP contribution is -2.54. The maximum absolute atomic E-state index is 13.2. The highest BCUT2D eigenvalue weighted by molar-refractivity contribution is 7.99. The summed E-state index contributed by atoms with van der Waals surface area (Å²) in [5.74, 6) is 1.63. The average Bonchev–Trinajstić information content (AvgIpc) is 3.61. The number of para-hydroxylation sites is 1. The van der Waals surface area contributed by atoms with Crippen molar-refractivity contribution in [2.75, 3.05) is 81.0 Å². The van der Waals surface area contributed by atoms with Crippen LogP contribution >= 0.6 is 30.5 Å². The number of anilines is 5. The molecule has 3 aromatic carbocycles. The Labute approximate surface area is 383 Å². The zero-order chi connectivity index (χ0) is 45.0. The number of methoxy groups -OCH3 is 1. The average molecular weight is 928 g/mol. The molecule has 0 saturated carbocycles. The number of piperazine rings is 1. The fourth-order valence-electron chi connectivity index (χ4n) is 8.98. The van der Waals surface area contributed by atoms with E-state index < -0.39 is 19.1 Å². The zero-order valence-corrected chi connectivity index (χ0v) is 38.9. The van der Waals surface area contributed by atoms with Gasteiger partial charge >= 0.3 is 0 Å². The summed E-state index contributed by atoms with van der Waals surface area (Å²) in [5, 5.41) is 9.92. The van der Waals surface area contributed by atoms with Gasteiger partial charge in [0.1, 0.15) is 24.0 Å². The first-order valence-corrected chi connectivity index (χ1v) is 25.9. The van der Waals surface area contributed by atoms with Gasteiger partial charge in [-0.15, -0.1) is 11.8 Å². The maximum atomic E-state index is 13.2. The second-order valence-corrected chi connectivity index (χ2v) is 21.8. The molecule has 0 radical (unpaired) electrons. The Bertz CT molecular complexity index is 2460. The van der Waals surface area contributed by atoms with Crippen LogP contribution < -0.4 is 30.9 Å². The van der Waals surface area contributed by atoms with Crippen LogP contribution in [-0.4, -0.2) is 126 Å². The van der Waals surface area contributed by atoms with Crippen LogP contribution in [0.3, 0.4) is 0 Å². The molecule has 1 aromatic heterocycles. The number of hydrogen-bond donors (Lipinski definition) is 3. The normalized spacial score (nSPS) is 18.5. The van der Waals surface area contributed by atoms with Gasteiger partial charge in [0.2, 0.25) is 23.7 Å². The van der Waals surface area contributed by atoms with Crippen molar-refractivity contribution in [2.24, 2.45) is 0 Å². The van der Waals surface area contributed by atoms with Gasteiger partial charge in [-0.1, -0.05) is 23.7 Å². The minimum atomic E-state index is -2.55. The molecule has 338 valence electrons. The number of nitrogens with one attached hydrogen (secondary N) is 3. The van der Waals surface area contributed by atoms with E-state index in [4.69, 9.17) is 16.3 Å². The number of carbonyl (C=O) groups excluding carboxylic acids is 4. The van der Waals surface area contributed by atoms with Crippen molar-refractivity contribution in [3.63, 3.8) is 0 Å². The van der Waals surface area contributed by atoms with Crippen LogP contribution in [0, 0.1) is 0 Å². The van der Waals surface area contributed by atoms with Crippen LogP contribution in [-0.2, 0) is 25.5 Å². The van der Waals surface area contributed by atoms with E-state index in [-0.39, 0.29) is 24.1 Å². The molecule has 64 heavy (non-hydrogen) atoms. The Balaban J connectivity index is 0.749. The van der Waals surface area contributed by atoms with Crippen molar-refractivity contribution in [1.82, 2.24) is 30.0 Å². The van der Waals surface area contributed by atoms with Crippen molar-refractivity contribution in [2.45, 2.75) is 68.5 Å². The van der Waals surface area contributed by atoms with Gasteiger partial charge in [-0.3, -0.25) is 29.4 Å². The van der Waals surface area contributed by atoms with Crippen LogP contribution in [0.15, 0.2) is 71.8 Å². The Hall–Kier alpha value is -5.15. The minimum Gasteiger partial charge on any atom is -0.494 e. The molecule has 3 fully saturated rings. The molecular weight excluding hydrogens is 873 g/mol. The van der Waals surface area contributed by atoms with Crippen molar-refractivity contribution < 1.29 is 28.5 Å². The Morgan fingerprint density at radius 2 is 1.72 bits per heavy atom. The number of halogens is 1. The van der Waals surface area contributed by atoms with Crippen molar-refractivity contribution in [3.8, 4) is 5.75 Å². The number of fused-ring (bicyclic) bond motifs is 1. The van der Waals surface area contributed by atoms with E-state index >= 15 is 0 Å². The summed E-state index contributed by atoms with van der Waals surface area (Å²) < 4.78 is 18.7. The van der Waals surface area contributed by atoms with Gasteiger partial charge in [0, 0.05) is 92.2 Å². The fourth-order valence-corrected chi connectivity index (χ4v) is 11.3. The molecule has 3 saturated heterocycles. The summed E-state index contributed by atoms with van der Waals surface area (Å²) in [4.78, 5) is 68.8. The lowest BCUT2D eigenvalue weighted by Gasteiger charge is -2.43. The smallest absolute Gasteiger partial charge is 0.255 e. The summed E-state index contributed by atoms with van der Waals surface area (Å²) in [6.07, 6.45) is 6.46. The number of hydrogen-bond acceptors (Lipinski definition) is 13. The number of nitrogens with zero attached hydrogens (tertiary/aromatic N) is 6. The largest absolute Gasteiger partial charge is 0.494 e. The third kappa shape index (κ3) is 10.5. The molecule has 0 aliphatic carbocycles. The summed E-state index contributed by atoms with van der Waals surface area (Å²) in [5.41, 5.74) is 3.99. The van der Waals surface area contributed by atoms with E-state index in [1.165, 1.54) is 6.20 Å². The molecule has 0 bridgehead atoms. The molecule has 4 aliphatic rings. The number of piperidine rings is 2. The van der Waals surface area contributed by atoms with Crippen molar-refractivity contribution >= 4 is 88.3 Å². The van der Waals surface area contributed by atoms with Crippen molar-refractivity contribution in [1.29, 1.82) is 0 Å². The predicted octanol–water partition coefficient (Wildman–Crippen LogP) is 6.71. The molecule has 4 aromatic rings. The molecule has 1 atom stereocenters. The molecule has 18 heteroatoms. The molecular formula is C46H55ClN9O6PS. The maximum Gasteiger partial charge on any atom is 0.255 e. The highest BCUT2D eigenvalue weighted by Crippen LogP contribution is 2.39. The van der Waals surface area contributed by atoms with E-state index in [0.717, 1.165) is 86.9 Å². The van der Waals surface area contributed by atoms with E-state index in [0.29, 0.717) is 70.2 Å². The van der Waals surface area contributed by atoms with Gasteiger partial charge in [-0.05, 0) is 99.2 Å². The molecule has 0 spiro atoms. The van der Waals surface area contributed by atoms with Crippen LogP contribution in [0.2, 0.25) is 5.02 Å². The van der Waals surface area contributed by atoms with Gasteiger partial charge in [0.05, 0.1) is 24.7 Å². The Morgan fingerprint density at radius 3 is 2.47 bits per heavy atom. The van der Waals surface area contributed by atoms with Crippen LogP contribution in [0.25, 0.3) is 0 Å². The number of rotatable bonds is 15. The number of imide groups is 1. The number of unbranched alkanes of at least 4 members (excludes halogenated alkanes) is 1. The molecule has 3 N–H and O–H groups in total. The van der Waals surface area contributed by atoms with Crippen LogP contribution in [0.4, 0.5) is 28.8 Å². The lowest BCUT2D eigenvalue weighted by atomic mass is 10.0. The quantitative estimate of drug-likeness (QED) is 0.0499. The van der Waals surface area contributed by atoms with Crippen molar-refractivity contribution in [3.05, 3.63) is 83.0 Å². The van der Waals surface area contributed by atoms with E-state index in [1.807, 2.05) is 59.5 Å². The number of benzene rings is 3. The Morgan fingerprint density at radius 1 is 0.938 bits per heavy atom. The molecule has 1 unspecified atom stereocenters. The number of thioether (sulfide) groups is 1. The summed E-state index contributed by atoms with van der Waals surface area (Å²) in [7, 11) is -0.910. The molecule has 5 heterocycles. The van der Waals surface area contributed by atoms with E-state index in [2.05, 4.69) is 41.8 Å². The highest BCUT2D eigenvalue weighted by Gasteiger charge is 2.39. The minimum absolute atomic E-state index is 0.163. The van der Waals surface area contributed by atoms with E-state index in [1.54, 1.807) is 37.1 Å². The number of amides is 4. The first kappa shape index (κ1) is 45.4. The highest BCUT2D eigenvalue weighted by atomic mass is 35.5. The third-order valence-electron chi connectivity index (χ3n) is 12.5. The third-order valence-corrected chi connectivity index (χ3v) is 15.4. The molecule has 4 aliphatic heterocycles. The topological polar surface area (TPSA) is 169 Å². The fraction of sp³-hybridized carbons (Fsp3) is 0.435. The predicted molar refractivity (Wildman–Crippen MR) is 253 cm³/mol. The second kappa shape index (κ2) is 19.9. The van der Waals surface area contributed by atoms with E-state index in [9.17, 15) is 23.7 Å². The summed E-state index contributed by atoms with van der Waals surface area (Å²) >= 11 is 8.20. The standard InChI is InChI=1S/C46H55ClN9O6PS/c1-62-39-27-32(11-14-36(39)50-46-48-28-35(47)43(52-46)49-37-8-4-5-9-40(37)63(2,3)61)53-19-17-31(18-20-53)54-21-23-55(24-22-54)42(58)10-6-7-25-64-33-12-13-34-30(26-33)29-56(45(34)60)38-15-16-41(57)51-44(38)59/h4-5,8-9,11-14,26-28,31,38H,6-7,10,15-25,29H2,1-3H3,(H,51,57,59)(H2,48,49,50,52). The first-order valence-electron chi connectivity index (χ1n) is 21.9.